The quantitative estimate of drug-likeness (QED) is 0.513. The number of carbonyl (C=O) groups excluding carboxylic acids is 1. The lowest BCUT2D eigenvalue weighted by Gasteiger charge is -2.19. The van der Waals surface area contributed by atoms with Crippen LogP contribution in [0.4, 0.5) is 0 Å². The van der Waals surface area contributed by atoms with Crippen LogP contribution >= 0.6 is 11.8 Å². The smallest absolute Gasteiger partial charge is 0.230 e. The minimum absolute atomic E-state index is 0.0756. The summed E-state index contributed by atoms with van der Waals surface area (Å²) in [5, 5.41) is 12.4. The van der Waals surface area contributed by atoms with E-state index in [4.69, 9.17) is 4.74 Å². The lowest BCUT2D eigenvalue weighted by molar-refractivity contribution is -0.119. The number of nitrogens with one attached hydrogen (secondary N) is 1. The summed E-state index contributed by atoms with van der Waals surface area (Å²) >= 11 is 1.42. The predicted molar refractivity (Wildman–Crippen MR) is 121 cm³/mol. The molecule has 1 N–H and O–H groups in total. The van der Waals surface area contributed by atoms with E-state index < -0.39 is 0 Å². The fourth-order valence-electron chi connectivity index (χ4n) is 3.62. The Bertz CT molecular complexity index is 819. The summed E-state index contributed by atoms with van der Waals surface area (Å²) in [5.41, 5.74) is 1.39. The van der Waals surface area contributed by atoms with Gasteiger partial charge in [0.25, 0.3) is 0 Å². The Labute approximate surface area is 184 Å². The minimum atomic E-state index is 0.0756. The summed E-state index contributed by atoms with van der Waals surface area (Å²) < 4.78 is 7.78. The van der Waals surface area contributed by atoms with Crippen molar-refractivity contribution in [1.29, 1.82) is 0 Å². The molecule has 1 aliphatic rings. The van der Waals surface area contributed by atoms with Gasteiger partial charge in [-0.2, -0.15) is 0 Å². The van der Waals surface area contributed by atoms with E-state index in [1.54, 1.807) is 0 Å². The van der Waals surface area contributed by atoms with Gasteiger partial charge in [-0.3, -0.25) is 4.79 Å². The van der Waals surface area contributed by atoms with Crippen LogP contribution in [0, 0.1) is 0 Å². The van der Waals surface area contributed by atoms with E-state index in [0.29, 0.717) is 18.4 Å². The highest BCUT2D eigenvalue weighted by Crippen LogP contribution is 2.25. The van der Waals surface area contributed by atoms with E-state index in [1.165, 1.54) is 43.0 Å². The summed E-state index contributed by atoms with van der Waals surface area (Å²) in [4.78, 5) is 12.3. The number of ether oxygens (including phenoxy) is 1. The number of carbonyl (C=O) groups is 1. The van der Waals surface area contributed by atoms with E-state index in [1.807, 2.05) is 23.7 Å². The fourth-order valence-corrected chi connectivity index (χ4v) is 4.36. The van der Waals surface area contributed by atoms with E-state index in [9.17, 15) is 4.79 Å². The molecule has 0 aliphatic heterocycles. The average molecular weight is 431 g/mol. The zero-order valence-corrected chi connectivity index (χ0v) is 19.4. The summed E-state index contributed by atoms with van der Waals surface area (Å²) in [7, 11) is 1.91. The highest BCUT2D eigenvalue weighted by molar-refractivity contribution is 7.99. The van der Waals surface area contributed by atoms with Gasteiger partial charge in [-0.25, -0.2) is 0 Å². The van der Waals surface area contributed by atoms with Crippen LogP contribution in [0.3, 0.4) is 0 Å². The molecule has 0 radical (unpaired) electrons. The van der Waals surface area contributed by atoms with Gasteiger partial charge in [-0.1, -0.05) is 70.3 Å². The maximum Gasteiger partial charge on any atom is 0.230 e. The number of benzene rings is 1. The maximum absolute atomic E-state index is 12.3. The standard InChI is InChI=1S/C23H34N4O2S/c1-23(2,3)17-11-13-19(14-12-17)29-15-20-25-26-22(27(20)4)30-16-21(28)24-18-9-7-5-6-8-10-18/h11-14,18H,5-10,15-16H2,1-4H3,(H,24,28). The molecule has 1 saturated carbocycles. The monoisotopic (exact) mass is 430 g/mol. The first kappa shape index (κ1) is 22.7. The Morgan fingerprint density at radius 3 is 2.43 bits per heavy atom. The molecule has 0 atom stereocenters. The summed E-state index contributed by atoms with van der Waals surface area (Å²) in [5.74, 6) is 1.98. The highest BCUT2D eigenvalue weighted by atomic mass is 32.2. The number of hydrogen-bond donors (Lipinski definition) is 1. The molecule has 0 bridgehead atoms. The van der Waals surface area contributed by atoms with E-state index in [-0.39, 0.29) is 11.3 Å². The molecular formula is C23H34N4O2S. The first-order chi connectivity index (χ1) is 14.3. The van der Waals surface area contributed by atoms with Crippen molar-refractivity contribution in [3.63, 3.8) is 0 Å². The van der Waals surface area contributed by atoms with Gasteiger partial charge in [0.2, 0.25) is 5.91 Å². The van der Waals surface area contributed by atoms with Crippen molar-refractivity contribution in [2.45, 2.75) is 82.5 Å². The van der Waals surface area contributed by atoms with Crippen molar-refractivity contribution >= 4 is 17.7 Å². The van der Waals surface area contributed by atoms with E-state index in [2.05, 4.69) is 48.4 Å². The van der Waals surface area contributed by atoms with Crippen LogP contribution in [0.25, 0.3) is 0 Å². The molecule has 1 aromatic carbocycles. The predicted octanol–water partition coefficient (Wildman–Crippen LogP) is 4.62. The number of amides is 1. The molecule has 2 aromatic rings. The summed E-state index contributed by atoms with van der Waals surface area (Å²) in [6.45, 7) is 6.92. The molecule has 0 saturated heterocycles. The van der Waals surface area contributed by atoms with Crippen molar-refractivity contribution in [3.05, 3.63) is 35.7 Å². The van der Waals surface area contributed by atoms with Gasteiger partial charge in [-0.05, 0) is 36.0 Å². The van der Waals surface area contributed by atoms with E-state index >= 15 is 0 Å². The molecule has 3 rings (SSSR count). The van der Waals surface area contributed by atoms with Gasteiger partial charge in [-0.15, -0.1) is 10.2 Å². The van der Waals surface area contributed by atoms with Gasteiger partial charge in [0.1, 0.15) is 12.4 Å². The molecule has 164 valence electrons. The molecule has 7 heteroatoms. The maximum atomic E-state index is 12.3. The molecule has 30 heavy (non-hydrogen) atoms. The number of nitrogens with zero attached hydrogens (tertiary/aromatic N) is 3. The number of rotatable bonds is 7. The molecule has 0 unspecified atom stereocenters. The van der Waals surface area contributed by atoms with Gasteiger partial charge in [0, 0.05) is 13.1 Å². The third-order valence-corrected chi connectivity index (χ3v) is 6.59. The van der Waals surface area contributed by atoms with Crippen LogP contribution in [0.5, 0.6) is 5.75 Å². The Hall–Kier alpha value is -2.02. The Kier molecular flexibility index (Phi) is 7.81. The van der Waals surface area contributed by atoms with Crippen molar-refractivity contribution in [2.75, 3.05) is 5.75 Å². The van der Waals surface area contributed by atoms with Crippen LogP contribution in [-0.4, -0.2) is 32.5 Å². The summed E-state index contributed by atoms with van der Waals surface area (Å²) in [6, 6.07) is 8.50. The molecular weight excluding hydrogens is 396 g/mol. The Morgan fingerprint density at radius 2 is 1.80 bits per heavy atom. The van der Waals surface area contributed by atoms with Gasteiger partial charge >= 0.3 is 0 Å². The zero-order valence-electron chi connectivity index (χ0n) is 18.6. The van der Waals surface area contributed by atoms with Crippen molar-refractivity contribution in [2.24, 2.45) is 7.05 Å². The zero-order chi connectivity index (χ0) is 21.6. The van der Waals surface area contributed by atoms with Crippen LogP contribution in [0.2, 0.25) is 0 Å². The SMILES string of the molecule is Cn1c(COc2ccc(C(C)(C)C)cc2)nnc1SCC(=O)NC1CCCCCC1. The molecule has 1 aromatic heterocycles. The molecule has 0 spiro atoms. The van der Waals surface area contributed by atoms with Gasteiger partial charge in [0.15, 0.2) is 11.0 Å². The lowest BCUT2D eigenvalue weighted by Crippen LogP contribution is -2.35. The largest absolute Gasteiger partial charge is 0.486 e. The van der Waals surface area contributed by atoms with Crippen molar-refractivity contribution < 1.29 is 9.53 Å². The molecule has 1 fully saturated rings. The van der Waals surface area contributed by atoms with Crippen molar-refractivity contribution in [3.8, 4) is 5.75 Å². The fraction of sp³-hybridized carbons (Fsp3) is 0.609. The second-order valence-corrected chi connectivity index (χ2v) is 10.0. The molecule has 1 amide bonds. The first-order valence-electron chi connectivity index (χ1n) is 10.9. The van der Waals surface area contributed by atoms with Gasteiger partial charge < -0.3 is 14.6 Å². The summed E-state index contributed by atoms with van der Waals surface area (Å²) in [6.07, 6.45) is 7.18. The third kappa shape index (κ3) is 6.49. The molecule has 1 heterocycles. The molecule has 6 nitrogen and oxygen atoms in total. The second-order valence-electron chi connectivity index (χ2n) is 9.07. The Morgan fingerprint density at radius 1 is 1.13 bits per heavy atom. The average Bonchev–Trinajstić information content (AvgIpc) is 2.89. The number of aromatic nitrogens is 3. The third-order valence-electron chi connectivity index (χ3n) is 5.57. The van der Waals surface area contributed by atoms with Crippen LogP contribution in [0.15, 0.2) is 29.4 Å². The van der Waals surface area contributed by atoms with Crippen LogP contribution in [0.1, 0.15) is 70.7 Å². The topological polar surface area (TPSA) is 69.0 Å². The van der Waals surface area contributed by atoms with Crippen LogP contribution < -0.4 is 10.1 Å². The highest BCUT2D eigenvalue weighted by Gasteiger charge is 2.17. The van der Waals surface area contributed by atoms with Crippen molar-refractivity contribution in [1.82, 2.24) is 20.1 Å². The first-order valence-corrected chi connectivity index (χ1v) is 11.9. The minimum Gasteiger partial charge on any atom is -0.486 e. The number of thioether (sulfide) groups is 1. The second kappa shape index (κ2) is 10.3. The van der Waals surface area contributed by atoms with Crippen LogP contribution in [-0.2, 0) is 23.9 Å². The van der Waals surface area contributed by atoms with E-state index in [0.717, 1.165) is 29.6 Å². The Balaban J connectivity index is 1.47. The lowest BCUT2D eigenvalue weighted by atomic mass is 9.87. The number of hydrogen-bond acceptors (Lipinski definition) is 5. The molecule has 1 aliphatic carbocycles. The van der Waals surface area contributed by atoms with Gasteiger partial charge in [0.05, 0.1) is 5.75 Å². The normalized spacial score (nSPS) is 15.6.